The van der Waals surface area contributed by atoms with Crippen molar-refractivity contribution in [3.63, 3.8) is 0 Å². The molecule has 15 heavy (non-hydrogen) atoms. The first kappa shape index (κ1) is 14.2. The van der Waals surface area contributed by atoms with Crippen LogP contribution in [0, 0.1) is 5.82 Å². The fourth-order valence-electron chi connectivity index (χ4n) is 1.01. The Kier molecular flexibility index (Phi) is 5.57. The fraction of sp³-hybridized carbons (Fsp3) is 0.222. The number of rotatable bonds is 2. The minimum Gasteiger partial charge on any atom is -0.468 e. The molecule has 0 aliphatic rings. The average molecular weight is 254 g/mol. The van der Waals surface area contributed by atoms with Crippen LogP contribution in [0.1, 0.15) is 11.6 Å². The van der Waals surface area contributed by atoms with Gasteiger partial charge >= 0.3 is 5.97 Å². The number of hydrogen-bond acceptors (Lipinski definition) is 3. The van der Waals surface area contributed by atoms with Gasteiger partial charge in [-0.1, -0.05) is 11.6 Å². The summed E-state index contributed by atoms with van der Waals surface area (Å²) in [6.45, 7) is 0. The lowest BCUT2D eigenvalue weighted by Crippen LogP contribution is -2.23. The van der Waals surface area contributed by atoms with E-state index in [-0.39, 0.29) is 18.0 Å². The summed E-state index contributed by atoms with van der Waals surface area (Å²) < 4.78 is 17.6. The van der Waals surface area contributed by atoms with Gasteiger partial charge in [0.05, 0.1) is 7.11 Å². The topological polar surface area (TPSA) is 52.3 Å². The SMILES string of the molecule is COC(=O)[C@@H](N)c1cc(Cl)ccc1F.Cl. The van der Waals surface area contributed by atoms with Crippen molar-refractivity contribution in [1.29, 1.82) is 0 Å². The Morgan fingerprint density at radius 2 is 2.20 bits per heavy atom. The van der Waals surface area contributed by atoms with Gasteiger partial charge in [0.15, 0.2) is 0 Å². The zero-order valence-corrected chi connectivity index (χ0v) is 9.44. The summed E-state index contributed by atoms with van der Waals surface area (Å²) in [5.74, 6) is -1.28. The van der Waals surface area contributed by atoms with Crippen LogP contribution in [-0.2, 0) is 9.53 Å². The number of esters is 1. The second-order valence-corrected chi connectivity index (χ2v) is 3.10. The lowest BCUT2D eigenvalue weighted by Gasteiger charge is -2.10. The van der Waals surface area contributed by atoms with Crippen molar-refractivity contribution >= 4 is 30.0 Å². The number of hydrogen-bond donors (Lipinski definition) is 1. The summed E-state index contributed by atoms with van der Waals surface area (Å²) >= 11 is 5.63. The van der Waals surface area contributed by atoms with Gasteiger partial charge in [-0.25, -0.2) is 4.39 Å². The molecule has 0 unspecified atom stereocenters. The summed E-state index contributed by atoms with van der Waals surface area (Å²) in [4.78, 5) is 11.0. The molecule has 0 saturated heterocycles. The van der Waals surface area contributed by atoms with Crippen LogP contribution in [0.2, 0.25) is 5.02 Å². The van der Waals surface area contributed by atoms with Gasteiger partial charge in [-0.15, -0.1) is 12.4 Å². The summed E-state index contributed by atoms with van der Waals surface area (Å²) in [6, 6.07) is 2.70. The van der Waals surface area contributed by atoms with Crippen molar-refractivity contribution in [2.75, 3.05) is 7.11 Å². The molecule has 0 spiro atoms. The number of methoxy groups -OCH3 is 1. The monoisotopic (exact) mass is 253 g/mol. The summed E-state index contributed by atoms with van der Waals surface area (Å²) in [6.07, 6.45) is 0. The van der Waals surface area contributed by atoms with Crippen LogP contribution in [0.3, 0.4) is 0 Å². The van der Waals surface area contributed by atoms with Crippen LogP contribution in [0.25, 0.3) is 0 Å². The maximum Gasteiger partial charge on any atom is 0.327 e. The smallest absolute Gasteiger partial charge is 0.327 e. The Morgan fingerprint density at radius 3 is 2.73 bits per heavy atom. The van der Waals surface area contributed by atoms with Crippen LogP contribution < -0.4 is 5.73 Å². The van der Waals surface area contributed by atoms with Crippen molar-refractivity contribution in [1.82, 2.24) is 0 Å². The number of ether oxygens (including phenoxy) is 1. The number of halogens is 3. The van der Waals surface area contributed by atoms with Gasteiger partial charge in [-0.2, -0.15) is 0 Å². The highest BCUT2D eigenvalue weighted by Gasteiger charge is 2.19. The van der Waals surface area contributed by atoms with Crippen LogP contribution in [0.15, 0.2) is 18.2 Å². The van der Waals surface area contributed by atoms with E-state index in [1.165, 1.54) is 19.2 Å². The van der Waals surface area contributed by atoms with Crippen LogP contribution >= 0.6 is 24.0 Å². The van der Waals surface area contributed by atoms with E-state index in [0.717, 1.165) is 6.07 Å². The second kappa shape index (κ2) is 5.90. The van der Waals surface area contributed by atoms with Gasteiger partial charge in [-0.05, 0) is 18.2 Å². The Morgan fingerprint density at radius 1 is 1.60 bits per heavy atom. The molecule has 2 N–H and O–H groups in total. The van der Waals surface area contributed by atoms with E-state index in [9.17, 15) is 9.18 Å². The first-order valence-corrected chi connectivity index (χ1v) is 4.22. The quantitative estimate of drug-likeness (QED) is 0.822. The van der Waals surface area contributed by atoms with Crippen molar-refractivity contribution in [3.05, 3.63) is 34.6 Å². The molecule has 0 saturated carbocycles. The number of nitrogens with two attached hydrogens (primary N) is 1. The Bertz CT molecular complexity index is 360. The molecule has 1 rings (SSSR count). The van der Waals surface area contributed by atoms with Crippen molar-refractivity contribution < 1.29 is 13.9 Å². The van der Waals surface area contributed by atoms with Gasteiger partial charge in [0.25, 0.3) is 0 Å². The predicted octanol–water partition coefficient (Wildman–Crippen LogP) is 2.07. The minimum atomic E-state index is -1.14. The lowest BCUT2D eigenvalue weighted by atomic mass is 10.1. The van der Waals surface area contributed by atoms with Gasteiger partial charge in [0, 0.05) is 10.6 Å². The molecule has 0 aliphatic carbocycles. The summed E-state index contributed by atoms with van der Waals surface area (Å²) in [7, 11) is 1.19. The maximum absolute atomic E-state index is 13.2. The molecule has 6 heteroatoms. The molecule has 0 bridgehead atoms. The largest absolute Gasteiger partial charge is 0.468 e. The maximum atomic E-state index is 13.2. The Balaban J connectivity index is 0.00000196. The first-order valence-electron chi connectivity index (χ1n) is 3.84. The van der Waals surface area contributed by atoms with Crippen LogP contribution in [-0.4, -0.2) is 13.1 Å². The molecular formula is C9H10Cl2FNO2. The molecular weight excluding hydrogens is 244 g/mol. The third-order valence-electron chi connectivity index (χ3n) is 1.75. The second-order valence-electron chi connectivity index (χ2n) is 2.67. The predicted molar refractivity (Wildman–Crippen MR) is 57.6 cm³/mol. The molecule has 0 aromatic heterocycles. The van der Waals surface area contributed by atoms with Gasteiger partial charge in [0.2, 0.25) is 0 Å². The average Bonchev–Trinajstić information content (AvgIpc) is 2.19. The van der Waals surface area contributed by atoms with Crippen molar-refractivity contribution in [2.45, 2.75) is 6.04 Å². The fourth-order valence-corrected chi connectivity index (χ4v) is 1.19. The zero-order chi connectivity index (χ0) is 10.7. The number of carbonyl (C=O) groups is 1. The summed E-state index contributed by atoms with van der Waals surface area (Å²) in [5.41, 5.74) is 5.48. The van der Waals surface area contributed by atoms with E-state index in [4.69, 9.17) is 17.3 Å². The molecule has 0 heterocycles. The van der Waals surface area contributed by atoms with Crippen LogP contribution in [0.5, 0.6) is 0 Å². The van der Waals surface area contributed by atoms with E-state index in [2.05, 4.69) is 4.74 Å². The van der Waals surface area contributed by atoms with Gasteiger partial charge in [-0.3, -0.25) is 4.79 Å². The minimum absolute atomic E-state index is 0. The lowest BCUT2D eigenvalue weighted by molar-refractivity contribution is -0.142. The van der Waals surface area contributed by atoms with E-state index in [1.807, 2.05) is 0 Å². The molecule has 0 aliphatic heterocycles. The van der Waals surface area contributed by atoms with E-state index in [0.29, 0.717) is 5.02 Å². The molecule has 0 fully saturated rings. The number of benzene rings is 1. The van der Waals surface area contributed by atoms with E-state index < -0.39 is 17.8 Å². The van der Waals surface area contributed by atoms with Crippen molar-refractivity contribution in [2.24, 2.45) is 5.73 Å². The third kappa shape index (κ3) is 3.34. The summed E-state index contributed by atoms with van der Waals surface area (Å²) in [5, 5.41) is 0.320. The molecule has 0 radical (unpaired) electrons. The zero-order valence-electron chi connectivity index (χ0n) is 7.87. The normalized spacial score (nSPS) is 11.5. The molecule has 1 atom stereocenters. The van der Waals surface area contributed by atoms with E-state index >= 15 is 0 Å². The first-order chi connectivity index (χ1) is 6.56. The van der Waals surface area contributed by atoms with Crippen LogP contribution in [0.4, 0.5) is 4.39 Å². The molecule has 1 aromatic carbocycles. The molecule has 84 valence electrons. The van der Waals surface area contributed by atoms with Gasteiger partial charge < -0.3 is 10.5 Å². The Hall–Kier alpha value is -0.840. The molecule has 3 nitrogen and oxygen atoms in total. The third-order valence-corrected chi connectivity index (χ3v) is 1.98. The number of carbonyl (C=O) groups excluding carboxylic acids is 1. The molecule has 1 aromatic rings. The highest BCUT2D eigenvalue weighted by Crippen LogP contribution is 2.20. The standard InChI is InChI=1S/C9H9ClFNO2.ClH/c1-14-9(13)8(12)6-4-5(10)2-3-7(6)11;/h2-4,8H,12H2,1H3;1H/t8-;/m0./s1. The highest BCUT2D eigenvalue weighted by atomic mass is 35.5. The van der Waals surface area contributed by atoms with Gasteiger partial charge in [0.1, 0.15) is 11.9 Å². The Labute approximate surface area is 97.8 Å². The highest BCUT2D eigenvalue weighted by molar-refractivity contribution is 6.30. The van der Waals surface area contributed by atoms with E-state index in [1.54, 1.807) is 0 Å². The van der Waals surface area contributed by atoms with Crippen molar-refractivity contribution in [3.8, 4) is 0 Å². The molecule has 0 amide bonds.